The van der Waals surface area contributed by atoms with Crippen molar-refractivity contribution < 1.29 is 9.21 Å². The average Bonchev–Trinajstić information content (AvgIpc) is 2.89. The fraction of sp³-hybridized carbons (Fsp3) is 0.235. The van der Waals surface area contributed by atoms with Crippen molar-refractivity contribution in [1.29, 1.82) is 0 Å². The summed E-state index contributed by atoms with van der Waals surface area (Å²) < 4.78 is 6.23. The van der Waals surface area contributed by atoms with Crippen LogP contribution in [0.15, 0.2) is 53.0 Å². The summed E-state index contributed by atoms with van der Waals surface area (Å²) in [6.07, 6.45) is 3.28. The van der Waals surface area contributed by atoms with Crippen molar-refractivity contribution in [2.75, 3.05) is 0 Å². The molecule has 110 valence electrons. The molecule has 0 aliphatic heterocycles. The first-order valence-electron chi connectivity index (χ1n) is 6.84. The van der Waals surface area contributed by atoms with E-state index in [-0.39, 0.29) is 11.9 Å². The summed E-state index contributed by atoms with van der Waals surface area (Å²) in [6, 6.07) is 13.9. The molecule has 1 aromatic carbocycles. The molecule has 2 rings (SSSR count). The van der Waals surface area contributed by atoms with Gasteiger partial charge in [-0.15, -0.1) is 0 Å². The quantitative estimate of drug-likeness (QED) is 0.558. The Morgan fingerprint density at radius 3 is 2.52 bits per heavy atom. The van der Waals surface area contributed by atoms with Gasteiger partial charge < -0.3 is 9.32 Å². The monoisotopic (exact) mass is 395 g/mol. The third-order valence-corrected chi connectivity index (χ3v) is 3.67. The van der Waals surface area contributed by atoms with E-state index in [1.165, 1.54) is 0 Å². The van der Waals surface area contributed by atoms with Gasteiger partial charge in [0.15, 0.2) is 3.77 Å². The second kappa shape index (κ2) is 7.45. The van der Waals surface area contributed by atoms with Crippen LogP contribution in [0, 0.1) is 3.77 Å². The van der Waals surface area contributed by atoms with Crippen molar-refractivity contribution in [2.45, 2.75) is 26.4 Å². The normalized spacial score (nSPS) is 11.2. The second-order valence-corrected chi connectivity index (χ2v) is 6.08. The molecule has 0 N–H and O–H groups in total. The van der Waals surface area contributed by atoms with Crippen LogP contribution >= 0.6 is 22.6 Å². The number of carbonyl (C=O) groups is 1. The number of carbonyl (C=O) groups excluding carboxylic acids is 1. The lowest BCUT2D eigenvalue weighted by molar-refractivity contribution is -0.128. The zero-order valence-corrected chi connectivity index (χ0v) is 14.3. The molecule has 1 heterocycles. The number of furan rings is 1. The van der Waals surface area contributed by atoms with Crippen molar-refractivity contribution in [3.8, 4) is 0 Å². The smallest absolute Gasteiger partial charge is 0.247 e. The molecule has 0 radical (unpaired) electrons. The molecule has 21 heavy (non-hydrogen) atoms. The minimum atomic E-state index is -0.0136. The van der Waals surface area contributed by atoms with Crippen molar-refractivity contribution in [2.24, 2.45) is 0 Å². The zero-order chi connectivity index (χ0) is 15.2. The van der Waals surface area contributed by atoms with Crippen LogP contribution in [-0.4, -0.2) is 16.8 Å². The highest BCUT2D eigenvalue weighted by Gasteiger charge is 2.14. The lowest BCUT2D eigenvalue weighted by atomic mass is 10.2. The fourth-order valence-electron chi connectivity index (χ4n) is 1.96. The summed E-state index contributed by atoms with van der Waals surface area (Å²) in [4.78, 5) is 14.2. The van der Waals surface area contributed by atoms with Crippen LogP contribution in [0.4, 0.5) is 0 Å². The molecule has 0 atom stereocenters. The van der Waals surface area contributed by atoms with Crippen molar-refractivity contribution in [3.63, 3.8) is 0 Å². The molecule has 1 amide bonds. The minimum absolute atomic E-state index is 0.0136. The highest BCUT2D eigenvalue weighted by atomic mass is 127. The topological polar surface area (TPSA) is 33.5 Å². The Kier molecular flexibility index (Phi) is 5.61. The maximum Gasteiger partial charge on any atom is 0.247 e. The van der Waals surface area contributed by atoms with Crippen LogP contribution in [0.5, 0.6) is 0 Å². The first kappa shape index (κ1) is 15.8. The predicted molar refractivity (Wildman–Crippen MR) is 92.6 cm³/mol. The van der Waals surface area contributed by atoms with Gasteiger partial charge in [0.25, 0.3) is 0 Å². The molecule has 1 aromatic heterocycles. The molecule has 0 bridgehead atoms. The summed E-state index contributed by atoms with van der Waals surface area (Å²) in [7, 11) is 0. The van der Waals surface area contributed by atoms with Gasteiger partial charge in [-0.3, -0.25) is 4.79 Å². The Labute approximate surface area is 138 Å². The number of hydrogen-bond acceptors (Lipinski definition) is 2. The predicted octanol–water partition coefficient (Wildman–Crippen LogP) is 4.33. The van der Waals surface area contributed by atoms with Crippen molar-refractivity contribution in [1.82, 2.24) is 4.90 Å². The molecular formula is C17H18INO2. The summed E-state index contributed by atoms with van der Waals surface area (Å²) in [5.41, 5.74) is 1.13. The SMILES string of the molecule is CC(C)N(Cc1ccccc1)C(=O)/C=C/c1ccc(I)o1. The van der Waals surface area contributed by atoms with E-state index in [1.807, 2.05) is 61.2 Å². The maximum absolute atomic E-state index is 12.4. The number of benzene rings is 1. The molecular weight excluding hydrogens is 377 g/mol. The third-order valence-electron chi connectivity index (χ3n) is 3.09. The molecule has 0 aliphatic carbocycles. The highest BCUT2D eigenvalue weighted by molar-refractivity contribution is 14.1. The molecule has 0 spiro atoms. The number of nitrogens with zero attached hydrogens (tertiary/aromatic N) is 1. The standard InChI is InChI=1S/C17H18INO2/c1-13(2)19(12-14-6-4-3-5-7-14)17(20)11-9-15-8-10-16(18)21-15/h3-11,13H,12H2,1-2H3/b11-9+. The van der Waals surface area contributed by atoms with Crippen LogP contribution in [0.2, 0.25) is 0 Å². The van der Waals surface area contributed by atoms with Gasteiger partial charge >= 0.3 is 0 Å². The lowest BCUT2D eigenvalue weighted by Crippen LogP contribution is -2.35. The molecule has 0 aliphatic rings. The van der Waals surface area contributed by atoms with E-state index >= 15 is 0 Å². The molecule has 0 saturated heterocycles. The average molecular weight is 395 g/mol. The van der Waals surface area contributed by atoms with Crippen LogP contribution in [-0.2, 0) is 11.3 Å². The Hall–Kier alpha value is -1.56. The molecule has 3 nitrogen and oxygen atoms in total. The maximum atomic E-state index is 12.4. The van der Waals surface area contributed by atoms with E-state index in [0.29, 0.717) is 12.3 Å². The first-order chi connectivity index (χ1) is 10.1. The first-order valence-corrected chi connectivity index (χ1v) is 7.92. The molecule has 4 heteroatoms. The van der Waals surface area contributed by atoms with Gasteiger partial charge in [0.05, 0.1) is 0 Å². The molecule has 2 aromatic rings. The van der Waals surface area contributed by atoms with Crippen LogP contribution < -0.4 is 0 Å². The molecule has 0 unspecified atom stereocenters. The molecule has 0 saturated carbocycles. The number of amides is 1. The lowest BCUT2D eigenvalue weighted by Gasteiger charge is -2.25. The van der Waals surface area contributed by atoms with Crippen LogP contribution in [0.1, 0.15) is 25.2 Å². The number of rotatable bonds is 5. The summed E-state index contributed by atoms with van der Waals surface area (Å²) >= 11 is 2.10. The van der Waals surface area contributed by atoms with Crippen molar-refractivity contribution in [3.05, 3.63) is 63.6 Å². The van der Waals surface area contributed by atoms with E-state index in [1.54, 1.807) is 12.2 Å². The summed E-state index contributed by atoms with van der Waals surface area (Å²) in [5, 5.41) is 0. The van der Waals surface area contributed by atoms with Crippen molar-refractivity contribution >= 4 is 34.6 Å². The van der Waals surface area contributed by atoms with Gasteiger partial charge in [-0.05, 0) is 60.2 Å². The van der Waals surface area contributed by atoms with Gasteiger partial charge in [-0.25, -0.2) is 0 Å². The van der Waals surface area contributed by atoms with Gasteiger partial charge in [0, 0.05) is 18.7 Å². The Bertz CT molecular complexity index is 617. The summed E-state index contributed by atoms with van der Waals surface area (Å²) in [5.74, 6) is 0.677. The highest BCUT2D eigenvalue weighted by Crippen LogP contribution is 2.13. The third kappa shape index (κ3) is 4.74. The molecule has 0 fully saturated rings. The largest absolute Gasteiger partial charge is 0.451 e. The number of hydrogen-bond donors (Lipinski definition) is 0. The van der Waals surface area contributed by atoms with E-state index in [4.69, 9.17) is 4.42 Å². The van der Waals surface area contributed by atoms with E-state index in [0.717, 1.165) is 9.33 Å². The van der Waals surface area contributed by atoms with E-state index in [9.17, 15) is 4.79 Å². The van der Waals surface area contributed by atoms with E-state index < -0.39 is 0 Å². The van der Waals surface area contributed by atoms with Crippen LogP contribution in [0.25, 0.3) is 6.08 Å². The van der Waals surface area contributed by atoms with Crippen LogP contribution in [0.3, 0.4) is 0 Å². The number of halogens is 1. The Balaban J connectivity index is 2.07. The van der Waals surface area contributed by atoms with E-state index in [2.05, 4.69) is 22.6 Å². The minimum Gasteiger partial charge on any atom is -0.451 e. The summed E-state index contributed by atoms with van der Waals surface area (Å²) in [6.45, 7) is 4.65. The Morgan fingerprint density at radius 2 is 1.95 bits per heavy atom. The van der Waals surface area contributed by atoms with Gasteiger partial charge in [0.2, 0.25) is 5.91 Å². The van der Waals surface area contributed by atoms with Gasteiger partial charge in [0.1, 0.15) is 5.76 Å². The van der Waals surface area contributed by atoms with Gasteiger partial charge in [-0.1, -0.05) is 30.3 Å². The Morgan fingerprint density at radius 1 is 1.24 bits per heavy atom. The fourth-order valence-corrected chi connectivity index (χ4v) is 2.40. The van der Waals surface area contributed by atoms with Gasteiger partial charge in [-0.2, -0.15) is 0 Å². The second-order valence-electron chi connectivity index (χ2n) is 5.02. The zero-order valence-electron chi connectivity index (χ0n) is 12.1.